The third-order valence-corrected chi connectivity index (χ3v) is 3.76. The van der Waals surface area contributed by atoms with E-state index in [0.717, 1.165) is 35.1 Å². The van der Waals surface area contributed by atoms with Crippen LogP contribution in [0.25, 0.3) is 22.3 Å². The number of fused-ring (bicyclic) bond motifs is 2. The van der Waals surface area contributed by atoms with Crippen LogP contribution in [0, 0.1) is 0 Å². The third kappa shape index (κ3) is 1.60. The number of aryl methyl sites for hydroxylation is 2. The van der Waals surface area contributed by atoms with Crippen molar-refractivity contribution in [3.05, 3.63) is 52.1 Å². The Morgan fingerprint density at radius 3 is 2.95 bits per heavy atom. The molecule has 4 heteroatoms. The molecular weight excluding hydrogens is 238 g/mol. The minimum Gasteiger partial charge on any atom is -0.306 e. The Labute approximate surface area is 109 Å². The monoisotopic (exact) mass is 251 g/mol. The molecule has 2 aromatic heterocycles. The van der Waals surface area contributed by atoms with Crippen LogP contribution in [0.4, 0.5) is 0 Å². The molecule has 0 amide bonds. The first-order valence-corrected chi connectivity index (χ1v) is 6.51. The molecule has 1 aliphatic carbocycles. The lowest BCUT2D eigenvalue weighted by Gasteiger charge is -2.05. The average molecular weight is 251 g/mol. The smallest absolute Gasteiger partial charge is 0.306 e. The van der Waals surface area contributed by atoms with Crippen molar-refractivity contribution >= 4 is 11.0 Å². The molecule has 0 aliphatic heterocycles. The number of benzene rings is 1. The summed E-state index contributed by atoms with van der Waals surface area (Å²) >= 11 is 0. The second-order valence-corrected chi connectivity index (χ2v) is 4.96. The molecule has 4 nitrogen and oxygen atoms in total. The van der Waals surface area contributed by atoms with Crippen molar-refractivity contribution in [1.29, 1.82) is 0 Å². The fourth-order valence-electron chi connectivity index (χ4n) is 2.84. The van der Waals surface area contributed by atoms with Gasteiger partial charge in [0.2, 0.25) is 0 Å². The van der Waals surface area contributed by atoms with E-state index >= 15 is 0 Å². The summed E-state index contributed by atoms with van der Waals surface area (Å²) in [6.45, 7) is 0. The molecule has 0 spiro atoms. The highest BCUT2D eigenvalue weighted by Crippen LogP contribution is 2.27. The van der Waals surface area contributed by atoms with E-state index in [0.29, 0.717) is 0 Å². The molecule has 1 aliphatic rings. The van der Waals surface area contributed by atoms with Crippen molar-refractivity contribution in [1.82, 2.24) is 15.0 Å². The zero-order chi connectivity index (χ0) is 12.8. The minimum atomic E-state index is -0.177. The number of hydrogen-bond donors (Lipinski definition) is 2. The molecular formula is C15H13N3O. The van der Waals surface area contributed by atoms with Crippen molar-refractivity contribution in [2.24, 2.45) is 0 Å². The van der Waals surface area contributed by atoms with Gasteiger partial charge in [-0.3, -0.25) is 4.98 Å². The van der Waals surface area contributed by atoms with Crippen LogP contribution in [-0.4, -0.2) is 15.0 Å². The van der Waals surface area contributed by atoms with Crippen LogP contribution in [0.15, 0.2) is 35.1 Å². The van der Waals surface area contributed by atoms with E-state index in [9.17, 15) is 4.79 Å². The van der Waals surface area contributed by atoms with E-state index in [1.807, 2.05) is 24.3 Å². The fourth-order valence-corrected chi connectivity index (χ4v) is 2.84. The van der Waals surface area contributed by atoms with E-state index < -0.39 is 0 Å². The van der Waals surface area contributed by atoms with Gasteiger partial charge in [0, 0.05) is 11.3 Å². The van der Waals surface area contributed by atoms with Crippen LogP contribution >= 0.6 is 0 Å². The fraction of sp³-hybridized carbons (Fsp3) is 0.200. The quantitative estimate of drug-likeness (QED) is 0.697. The summed E-state index contributed by atoms with van der Waals surface area (Å²) in [6.07, 6.45) is 3.38. The number of pyridine rings is 1. The maximum absolute atomic E-state index is 11.4. The first-order valence-electron chi connectivity index (χ1n) is 6.51. The van der Waals surface area contributed by atoms with Gasteiger partial charge in [-0.15, -0.1) is 0 Å². The molecule has 0 unspecified atom stereocenters. The van der Waals surface area contributed by atoms with E-state index in [1.165, 1.54) is 17.7 Å². The number of rotatable bonds is 1. The lowest BCUT2D eigenvalue weighted by molar-refractivity contribution is 0.900. The summed E-state index contributed by atoms with van der Waals surface area (Å²) in [4.78, 5) is 21.8. The Balaban J connectivity index is 1.97. The number of nitrogens with one attached hydrogen (secondary N) is 2. The molecule has 94 valence electrons. The molecule has 19 heavy (non-hydrogen) atoms. The van der Waals surface area contributed by atoms with Gasteiger partial charge in [0.05, 0.1) is 16.7 Å². The van der Waals surface area contributed by atoms with E-state index in [4.69, 9.17) is 4.98 Å². The number of para-hydroxylation sites is 1. The standard InChI is InChI=1S/C15H13N3O/c19-15-17-13-6-2-4-10(14(13)18-15)12-8-7-9-3-1-5-11(9)16-12/h2,4,6-8H,1,3,5H2,(H2,17,18,19). The summed E-state index contributed by atoms with van der Waals surface area (Å²) < 4.78 is 0. The number of aromatic amines is 2. The zero-order valence-electron chi connectivity index (χ0n) is 10.4. The van der Waals surface area contributed by atoms with Gasteiger partial charge < -0.3 is 9.97 Å². The minimum absolute atomic E-state index is 0.177. The number of hydrogen-bond acceptors (Lipinski definition) is 2. The summed E-state index contributed by atoms with van der Waals surface area (Å²) in [5, 5.41) is 0. The molecule has 2 heterocycles. The number of aromatic nitrogens is 3. The van der Waals surface area contributed by atoms with Crippen molar-refractivity contribution in [3.63, 3.8) is 0 Å². The molecule has 0 saturated carbocycles. The highest BCUT2D eigenvalue weighted by atomic mass is 16.1. The van der Waals surface area contributed by atoms with E-state index in [1.54, 1.807) is 0 Å². The summed E-state index contributed by atoms with van der Waals surface area (Å²) in [5.74, 6) is 0. The molecule has 0 fully saturated rings. The van der Waals surface area contributed by atoms with Gasteiger partial charge in [-0.2, -0.15) is 0 Å². The largest absolute Gasteiger partial charge is 0.323 e. The van der Waals surface area contributed by atoms with Crippen LogP contribution in [0.1, 0.15) is 17.7 Å². The molecule has 0 atom stereocenters. The van der Waals surface area contributed by atoms with Crippen molar-refractivity contribution in [3.8, 4) is 11.3 Å². The summed E-state index contributed by atoms with van der Waals surface area (Å²) in [6, 6.07) is 10.0. The second kappa shape index (κ2) is 3.82. The molecule has 3 aromatic rings. The highest BCUT2D eigenvalue weighted by molar-refractivity contribution is 5.90. The van der Waals surface area contributed by atoms with Crippen molar-refractivity contribution < 1.29 is 0 Å². The van der Waals surface area contributed by atoms with Gasteiger partial charge in [0.25, 0.3) is 0 Å². The average Bonchev–Trinajstić information content (AvgIpc) is 3.01. The number of imidazole rings is 1. The molecule has 2 N–H and O–H groups in total. The lowest BCUT2D eigenvalue weighted by Crippen LogP contribution is -1.99. The first-order chi connectivity index (χ1) is 9.31. The van der Waals surface area contributed by atoms with Crippen molar-refractivity contribution in [2.75, 3.05) is 0 Å². The van der Waals surface area contributed by atoms with Gasteiger partial charge in [0.1, 0.15) is 0 Å². The Kier molecular flexibility index (Phi) is 2.12. The second-order valence-electron chi connectivity index (χ2n) is 4.96. The van der Waals surface area contributed by atoms with E-state index in [2.05, 4.69) is 16.0 Å². The van der Waals surface area contributed by atoms with Gasteiger partial charge >= 0.3 is 5.69 Å². The third-order valence-electron chi connectivity index (χ3n) is 3.76. The van der Waals surface area contributed by atoms with Gasteiger partial charge in [-0.05, 0) is 37.0 Å². The lowest BCUT2D eigenvalue weighted by atomic mass is 10.1. The van der Waals surface area contributed by atoms with Crippen LogP contribution in [0.3, 0.4) is 0 Å². The first kappa shape index (κ1) is 10.6. The Hall–Kier alpha value is -2.36. The number of H-pyrrole nitrogens is 2. The van der Waals surface area contributed by atoms with Gasteiger partial charge in [-0.25, -0.2) is 4.79 Å². The van der Waals surface area contributed by atoms with E-state index in [-0.39, 0.29) is 5.69 Å². The summed E-state index contributed by atoms with van der Waals surface area (Å²) in [7, 11) is 0. The van der Waals surface area contributed by atoms with Crippen LogP contribution < -0.4 is 5.69 Å². The van der Waals surface area contributed by atoms with Crippen LogP contribution in [-0.2, 0) is 12.8 Å². The predicted molar refractivity (Wildman–Crippen MR) is 74.2 cm³/mol. The summed E-state index contributed by atoms with van der Waals surface area (Å²) in [5.41, 5.74) is 5.95. The normalized spacial score (nSPS) is 13.9. The van der Waals surface area contributed by atoms with Gasteiger partial charge in [-0.1, -0.05) is 18.2 Å². The maximum atomic E-state index is 11.4. The zero-order valence-corrected chi connectivity index (χ0v) is 10.4. The van der Waals surface area contributed by atoms with Gasteiger partial charge in [0.15, 0.2) is 0 Å². The molecule has 4 rings (SSSR count). The van der Waals surface area contributed by atoms with Crippen LogP contribution in [0.5, 0.6) is 0 Å². The molecule has 0 bridgehead atoms. The molecule has 0 radical (unpaired) electrons. The Bertz CT molecular complexity index is 829. The SMILES string of the molecule is O=c1[nH]c2cccc(-c3ccc4c(n3)CCC4)c2[nH]1. The predicted octanol–water partition coefficient (Wildman–Crippen LogP) is 2.41. The maximum Gasteiger partial charge on any atom is 0.323 e. The highest BCUT2D eigenvalue weighted by Gasteiger charge is 2.14. The Morgan fingerprint density at radius 2 is 2.00 bits per heavy atom. The number of nitrogens with zero attached hydrogens (tertiary/aromatic N) is 1. The van der Waals surface area contributed by atoms with Crippen LogP contribution in [0.2, 0.25) is 0 Å². The molecule has 1 aromatic carbocycles. The van der Waals surface area contributed by atoms with Crippen molar-refractivity contribution in [2.45, 2.75) is 19.3 Å². The Morgan fingerprint density at radius 1 is 1.05 bits per heavy atom. The topological polar surface area (TPSA) is 61.5 Å². The molecule has 0 saturated heterocycles.